The lowest BCUT2D eigenvalue weighted by Crippen LogP contribution is -2.17. The molecule has 24 heteroatoms. The number of carboxylic acid groups (broad SMARTS) is 1. The molecule has 2 aliphatic rings. The summed E-state index contributed by atoms with van der Waals surface area (Å²) in [6.07, 6.45) is -13.4. The standard InChI is InChI=1S/C32H31F6NO5.C31H29F6NO5/c1-43-27(42)18-20-11-15-22(16-12-20)21-13-9-19(10-14-21)17-23(40)5-4-8-26(41)28-29(32(36,37)38)44-30(39-28)24-6-2-3-7-25(24)31(33,34)35;32-30(33,34)24-6-2-1-5-23(24)29-38-27(28(43-29)31(35,36)37)25(40)7-3-4-22(39)16-18-8-12-20(13-9-18)21-14-10-19(11-15-21)17-26(41)42/h2-3,6-7,9-10,13-14,20,22H,4-5,8,11-12,15-18H2,1H3;1-2,5-6,8-9,12-13,19,21H,3-4,7,10-11,14-17H2,(H,41,42). The Morgan fingerprint density at radius 2 is 0.839 bits per heavy atom. The lowest BCUT2D eigenvalue weighted by Gasteiger charge is -2.28. The number of nitrogens with zero attached hydrogens (tertiary/aromatic N) is 2. The molecular weight excluding hydrogens is 1170 g/mol. The van der Waals surface area contributed by atoms with E-state index in [1.54, 1.807) is 0 Å². The predicted molar refractivity (Wildman–Crippen MR) is 289 cm³/mol. The quantitative estimate of drug-likeness (QED) is 0.0386. The Labute approximate surface area is 491 Å². The van der Waals surface area contributed by atoms with Gasteiger partial charge in [0, 0.05) is 62.5 Å². The molecule has 466 valence electrons. The molecule has 0 saturated heterocycles. The molecule has 8 rings (SSSR count). The van der Waals surface area contributed by atoms with Crippen LogP contribution in [-0.4, -0.2) is 57.3 Å². The van der Waals surface area contributed by atoms with Crippen molar-refractivity contribution in [3.05, 3.63) is 153 Å². The summed E-state index contributed by atoms with van der Waals surface area (Å²) in [5, 5.41) is 8.97. The van der Waals surface area contributed by atoms with Gasteiger partial charge in [-0.15, -0.1) is 0 Å². The monoisotopic (exact) mass is 1230 g/mol. The summed E-state index contributed by atoms with van der Waals surface area (Å²) >= 11 is 0. The number of carboxylic acids is 1. The van der Waals surface area contributed by atoms with Gasteiger partial charge in [0.25, 0.3) is 0 Å². The molecule has 87 heavy (non-hydrogen) atoms. The summed E-state index contributed by atoms with van der Waals surface area (Å²) in [7, 11) is 1.38. The molecule has 2 aliphatic carbocycles. The second-order valence-electron chi connectivity index (χ2n) is 21.8. The Kier molecular flexibility index (Phi) is 22.0. The molecule has 0 atom stereocenters. The largest absolute Gasteiger partial charge is 0.481 e. The fourth-order valence-corrected chi connectivity index (χ4v) is 11.0. The lowest BCUT2D eigenvalue weighted by atomic mass is 9.77. The second-order valence-corrected chi connectivity index (χ2v) is 21.8. The molecule has 0 aliphatic heterocycles. The van der Waals surface area contributed by atoms with Crippen molar-refractivity contribution in [2.75, 3.05) is 7.11 Å². The van der Waals surface area contributed by atoms with Crippen LogP contribution in [0, 0.1) is 11.8 Å². The number of ketones is 4. The van der Waals surface area contributed by atoms with Gasteiger partial charge in [-0.1, -0.05) is 72.8 Å². The molecule has 6 aromatic rings. The van der Waals surface area contributed by atoms with Gasteiger partial charge >= 0.3 is 36.6 Å². The number of esters is 1. The van der Waals surface area contributed by atoms with Crippen LogP contribution in [0.3, 0.4) is 0 Å². The summed E-state index contributed by atoms with van der Waals surface area (Å²) in [5.41, 5.74) is -2.46. The Bertz CT molecular complexity index is 3360. The fraction of sp³-hybridized carbons (Fsp3) is 0.429. The van der Waals surface area contributed by atoms with Crippen molar-refractivity contribution in [1.82, 2.24) is 9.97 Å². The number of hydrogen-bond donors (Lipinski definition) is 1. The summed E-state index contributed by atoms with van der Waals surface area (Å²) in [4.78, 5) is 79.8. The number of alkyl halides is 12. The number of benzene rings is 4. The molecule has 2 heterocycles. The van der Waals surface area contributed by atoms with E-state index in [-0.39, 0.29) is 68.4 Å². The number of ether oxygens (including phenoxy) is 1. The molecule has 0 spiro atoms. The van der Waals surface area contributed by atoms with Gasteiger partial charge in [-0.3, -0.25) is 28.8 Å². The molecule has 0 radical (unpaired) electrons. The van der Waals surface area contributed by atoms with Crippen molar-refractivity contribution < 1.29 is 100 Å². The van der Waals surface area contributed by atoms with Crippen molar-refractivity contribution in [3.63, 3.8) is 0 Å². The number of rotatable bonds is 22. The highest BCUT2D eigenvalue weighted by atomic mass is 19.4. The number of hydrogen-bond acceptors (Lipinski definition) is 11. The highest BCUT2D eigenvalue weighted by molar-refractivity contribution is 5.97. The van der Waals surface area contributed by atoms with Crippen molar-refractivity contribution in [2.45, 2.75) is 152 Å². The third-order valence-electron chi connectivity index (χ3n) is 15.5. The Morgan fingerprint density at radius 3 is 1.17 bits per heavy atom. The first-order valence-electron chi connectivity index (χ1n) is 28.0. The van der Waals surface area contributed by atoms with E-state index in [2.05, 4.69) is 18.8 Å². The minimum atomic E-state index is -5.18. The zero-order chi connectivity index (χ0) is 63.4. The molecule has 12 nitrogen and oxygen atoms in total. The second kappa shape index (κ2) is 28.7. The first-order chi connectivity index (χ1) is 41.0. The Morgan fingerprint density at radius 1 is 0.483 bits per heavy atom. The molecule has 0 amide bonds. The maximum Gasteiger partial charge on any atom is 0.452 e. The van der Waals surface area contributed by atoms with Crippen LogP contribution in [0.1, 0.15) is 180 Å². The number of aromatic nitrogens is 2. The van der Waals surface area contributed by atoms with Crippen LogP contribution >= 0.6 is 0 Å². The molecule has 2 fully saturated rings. The third kappa shape index (κ3) is 18.6. The lowest BCUT2D eigenvalue weighted by molar-refractivity contribution is -0.153. The average Bonchev–Trinajstić information content (AvgIpc) is 2.04. The minimum Gasteiger partial charge on any atom is -0.481 e. The molecule has 0 unspecified atom stereocenters. The summed E-state index contributed by atoms with van der Waals surface area (Å²) in [5.74, 6) is -7.94. The van der Waals surface area contributed by atoms with Crippen LogP contribution in [0.5, 0.6) is 0 Å². The van der Waals surface area contributed by atoms with Crippen molar-refractivity contribution in [3.8, 4) is 22.9 Å². The van der Waals surface area contributed by atoms with Gasteiger partial charge in [0.05, 0.1) is 18.2 Å². The van der Waals surface area contributed by atoms with Crippen molar-refractivity contribution in [2.24, 2.45) is 11.8 Å². The molecule has 4 aromatic carbocycles. The van der Waals surface area contributed by atoms with Crippen LogP contribution in [0.15, 0.2) is 106 Å². The van der Waals surface area contributed by atoms with Crippen molar-refractivity contribution >= 4 is 35.1 Å². The van der Waals surface area contributed by atoms with Crippen molar-refractivity contribution in [1.29, 1.82) is 0 Å². The van der Waals surface area contributed by atoms with Gasteiger partial charge < -0.3 is 18.7 Å². The van der Waals surface area contributed by atoms with E-state index < -0.39 is 112 Å². The van der Waals surface area contributed by atoms with Crippen LogP contribution in [0.25, 0.3) is 22.9 Å². The molecule has 2 saturated carbocycles. The smallest absolute Gasteiger partial charge is 0.452 e. The third-order valence-corrected chi connectivity index (χ3v) is 15.5. The number of carbonyl (C=O) groups excluding carboxylic acids is 5. The molecule has 2 aromatic heterocycles. The van der Waals surface area contributed by atoms with Gasteiger partial charge in [0.1, 0.15) is 11.6 Å². The minimum absolute atomic E-state index is 0.0654. The summed E-state index contributed by atoms with van der Waals surface area (Å²) < 4.78 is 176. The first-order valence-corrected chi connectivity index (χ1v) is 28.0. The number of Topliss-reactive ketones (excluding diaryl/α,β-unsaturated/α-hetero) is 4. The number of oxazole rings is 2. The molecule has 1 N–H and O–H groups in total. The maximum atomic E-state index is 13.6. The van der Waals surface area contributed by atoms with E-state index >= 15 is 0 Å². The molecular formula is C63H60F12N2O10. The van der Waals surface area contributed by atoms with E-state index in [1.165, 1.54) is 19.2 Å². The first kappa shape index (κ1) is 66.6. The predicted octanol–water partition coefficient (Wildman–Crippen LogP) is 16.7. The van der Waals surface area contributed by atoms with E-state index in [1.807, 2.05) is 48.5 Å². The number of aliphatic carboxylic acids is 1. The van der Waals surface area contributed by atoms with Gasteiger partial charge in [-0.2, -0.15) is 52.7 Å². The van der Waals surface area contributed by atoms with E-state index in [9.17, 15) is 81.5 Å². The number of halogens is 12. The van der Waals surface area contributed by atoms with Gasteiger partial charge in [0.2, 0.25) is 23.3 Å². The Balaban J connectivity index is 0.000000249. The number of methoxy groups -OCH3 is 1. The summed E-state index contributed by atoms with van der Waals surface area (Å²) in [6, 6.07) is 22.8. The molecule has 0 bridgehead atoms. The van der Waals surface area contributed by atoms with Crippen LogP contribution in [0.2, 0.25) is 0 Å². The van der Waals surface area contributed by atoms with Gasteiger partial charge in [-0.25, -0.2) is 9.97 Å². The van der Waals surface area contributed by atoms with E-state index in [4.69, 9.17) is 9.84 Å². The SMILES string of the molecule is COC(=O)CC1CCC(c2ccc(CC(=O)CCCC(=O)c3nc(-c4ccccc4C(F)(F)F)oc3C(F)(F)F)cc2)CC1.O=C(O)CC1CCC(c2ccc(CC(=O)CCCC(=O)c3nc(-c4ccccc4C(F)(F)F)oc3C(F)(F)F)cc2)CC1. The maximum absolute atomic E-state index is 13.6. The number of carbonyl (C=O) groups is 6. The summed E-state index contributed by atoms with van der Waals surface area (Å²) in [6.45, 7) is 0. The average molecular weight is 1230 g/mol. The van der Waals surface area contributed by atoms with E-state index in [0.717, 1.165) is 97.9 Å². The zero-order valence-electron chi connectivity index (χ0n) is 46.8. The van der Waals surface area contributed by atoms with Crippen LogP contribution < -0.4 is 0 Å². The fourth-order valence-electron chi connectivity index (χ4n) is 11.0. The zero-order valence-corrected chi connectivity index (χ0v) is 46.8. The highest BCUT2D eigenvalue weighted by Crippen LogP contribution is 2.44. The van der Waals surface area contributed by atoms with Crippen LogP contribution in [0.4, 0.5) is 52.7 Å². The topological polar surface area (TPSA) is 184 Å². The van der Waals surface area contributed by atoms with Gasteiger partial charge in [0.15, 0.2) is 23.0 Å². The Hall–Kier alpha value is -7.92. The van der Waals surface area contributed by atoms with Gasteiger partial charge in [-0.05, 0) is 134 Å². The highest BCUT2D eigenvalue weighted by Gasteiger charge is 2.45. The van der Waals surface area contributed by atoms with Crippen LogP contribution in [-0.2, 0) is 61.5 Å². The van der Waals surface area contributed by atoms with E-state index in [0.29, 0.717) is 36.3 Å². The normalized spacial score (nSPS) is 17.4.